The molecule has 0 radical (unpaired) electrons. The van der Waals surface area contributed by atoms with Crippen LogP contribution in [-0.2, 0) is 17.9 Å². The summed E-state index contributed by atoms with van der Waals surface area (Å²) in [6.07, 6.45) is 2.02. The molecule has 1 aliphatic carbocycles. The van der Waals surface area contributed by atoms with Crippen LogP contribution in [0.2, 0.25) is 10.0 Å². The van der Waals surface area contributed by atoms with Crippen LogP contribution in [0, 0.1) is 11.7 Å². The minimum atomic E-state index is -0.943. The minimum absolute atomic E-state index is 0.0396. The van der Waals surface area contributed by atoms with Crippen molar-refractivity contribution >= 4 is 29.2 Å². The van der Waals surface area contributed by atoms with Gasteiger partial charge in [-0.1, -0.05) is 35.3 Å². The van der Waals surface area contributed by atoms with Crippen LogP contribution < -0.4 is 4.74 Å². The molecule has 7 nitrogen and oxygen atoms in total. The number of ether oxygens (including phenoxy) is 1. The van der Waals surface area contributed by atoms with Gasteiger partial charge in [-0.25, -0.2) is 4.39 Å². The number of halogens is 3. The molecule has 36 heavy (non-hydrogen) atoms. The lowest BCUT2D eigenvalue weighted by Crippen LogP contribution is -2.32. The third-order valence-electron chi connectivity index (χ3n) is 6.22. The summed E-state index contributed by atoms with van der Waals surface area (Å²) < 4.78 is 21.6. The Kier molecular flexibility index (Phi) is 8.28. The average Bonchev–Trinajstić information content (AvgIpc) is 3.59. The Morgan fingerprint density at radius 3 is 2.42 bits per heavy atom. The Hall–Kier alpha value is -2.94. The summed E-state index contributed by atoms with van der Waals surface area (Å²) in [5, 5.41) is 29.7. The van der Waals surface area contributed by atoms with Gasteiger partial charge in [-0.05, 0) is 54.2 Å². The predicted molar refractivity (Wildman–Crippen MR) is 134 cm³/mol. The number of benzene rings is 2. The standard InChI is InChI=1S/C26H27Cl2FN2O5/c27-19-5-4-18(12-20(19)28)22(13-26(34)35)30(14-16-1-2-16)15-17-3-6-23(21(29)11-17)36-10-9-31-24(32)7-8-25(31)33/h3-8,11-12,16,22,32-33H,1-2,9-10,13-15H2,(H,34,35)/t22-/m0/s1. The first kappa shape index (κ1) is 26.1. The highest BCUT2D eigenvalue weighted by Crippen LogP contribution is 2.37. The quantitative estimate of drug-likeness (QED) is 0.268. The molecule has 4 rings (SSSR count). The predicted octanol–water partition coefficient (Wildman–Crippen LogP) is 5.85. The molecule has 0 amide bonds. The Bertz CT molecular complexity index is 1210. The van der Waals surface area contributed by atoms with E-state index in [-0.39, 0.29) is 37.1 Å². The summed E-state index contributed by atoms with van der Waals surface area (Å²) in [7, 11) is 0. The first-order valence-electron chi connectivity index (χ1n) is 11.6. The summed E-state index contributed by atoms with van der Waals surface area (Å²) in [5.74, 6) is -1.20. The molecule has 192 valence electrons. The number of carboxylic acids is 1. The van der Waals surface area contributed by atoms with Crippen LogP contribution in [0.3, 0.4) is 0 Å². The van der Waals surface area contributed by atoms with Gasteiger partial charge in [-0.15, -0.1) is 0 Å². The second kappa shape index (κ2) is 11.4. The lowest BCUT2D eigenvalue weighted by Gasteiger charge is -2.32. The normalized spacial score (nSPS) is 14.2. The molecule has 1 aromatic heterocycles. The van der Waals surface area contributed by atoms with Gasteiger partial charge in [0.05, 0.1) is 23.0 Å². The topological polar surface area (TPSA) is 95.2 Å². The Balaban J connectivity index is 1.49. The van der Waals surface area contributed by atoms with E-state index >= 15 is 0 Å². The average molecular weight is 537 g/mol. The first-order valence-corrected chi connectivity index (χ1v) is 12.4. The summed E-state index contributed by atoms with van der Waals surface area (Å²) in [4.78, 5) is 13.8. The molecule has 1 aliphatic rings. The summed E-state index contributed by atoms with van der Waals surface area (Å²) in [5.41, 5.74) is 1.42. The molecule has 1 fully saturated rings. The molecule has 3 aromatic rings. The molecule has 0 unspecified atom stereocenters. The SMILES string of the molecule is O=C(O)C[C@@H](c1ccc(Cl)c(Cl)c1)N(Cc1ccc(OCCn2c(O)ccc2O)c(F)c1)CC1CC1. The van der Waals surface area contributed by atoms with Crippen molar-refractivity contribution in [1.29, 1.82) is 0 Å². The van der Waals surface area contributed by atoms with Crippen molar-refractivity contribution in [1.82, 2.24) is 9.47 Å². The molecular weight excluding hydrogens is 510 g/mol. The van der Waals surface area contributed by atoms with Crippen molar-refractivity contribution in [2.45, 2.75) is 38.4 Å². The molecule has 0 saturated heterocycles. The van der Waals surface area contributed by atoms with Gasteiger partial charge < -0.3 is 20.1 Å². The number of hydrogen-bond acceptors (Lipinski definition) is 5. The van der Waals surface area contributed by atoms with Crippen molar-refractivity contribution in [3.05, 3.63) is 75.5 Å². The van der Waals surface area contributed by atoms with Crippen LogP contribution in [0.15, 0.2) is 48.5 Å². The van der Waals surface area contributed by atoms with Gasteiger partial charge in [0.25, 0.3) is 0 Å². The number of carbonyl (C=O) groups is 1. The first-order chi connectivity index (χ1) is 17.2. The largest absolute Gasteiger partial charge is 0.494 e. The van der Waals surface area contributed by atoms with Gasteiger partial charge in [-0.2, -0.15) is 0 Å². The van der Waals surface area contributed by atoms with Gasteiger partial charge in [0, 0.05) is 31.3 Å². The molecule has 0 spiro atoms. The van der Waals surface area contributed by atoms with Crippen molar-refractivity contribution in [2.75, 3.05) is 13.2 Å². The van der Waals surface area contributed by atoms with Crippen LogP contribution >= 0.6 is 23.2 Å². The van der Waals surface area contributed by atoms with E-state index in [0.717, 1.165) is 18.4 Å². The van der Waals surface area contributed by atoms with E-state index in [1.165, 1.54) is 28.8 Å². The van der Waals surface area contributed by atoms with Crippen LogP contribution in [0.1, 0.15) is 36.4 Å². The number of rotatable bonds is 12. The number of nitrogens with zero attached hydrogens (tertiary/aromatic N) is 2. The molecule has 3 N–H and O–H groups in total. The number of aromatic nitrogens is 1. The van der Waals surface area contributed by atoms with E-state index in [1.54, 1.807) is 24.3 Å². The van der Waals surface area contributed by atoms with Gasteiger partial charge in [0.15, 0.2) is 23.3 Å². The fraction of sp³-hybridized carbons (Fsp3) is 0.346. The second-order valence-electron chi connectivity index (χ2n) is 8.97. The van der Waals surface area contributed by atoms with Gasteiger partial charge in [-0.3, -0.25) is 14.3 Å². The molecule has 0 bridgehead atoms. The monoisotopic (exact) mass is 536 g/mol. The second-order valence-corrected chi connectivity index (χ2v) is 9.79. The smallest absolute Gasteiger partial charge is 0.305 e. The fourth-order valence-corrected chi connectivity index (χ4v) is 4.50. The Morgan fingerprint density at radius 1 is 1.08 bits per heavy atom. The summed E-state index contributed by atoms with van der Waals surface area (Å²) in [6.45, 7) is 1.21. The van der Waals surface area contributed by atoms with E-state index in [4.69, 9.17) is 27.9 Å². The lowest BCUT2D eigenvalue weighted by atomic mass is 10.0. The maximum absolute atomic E-state index is 14.9. The number of aromatic hydroxyl groups is 2. The molecule has 0 aliphatic heterocycles. The van der Waals surface area contributed by atoms with E-state index in [2.05, 4.69) is 4.90 Å². The van der Waals surface area contributed by atoms with Crippen molar-refractivity contribution in [2.24, 2.45) is 5.92 Å². The van der Waals surface area contributed by atoms with Crippen LogP contribution in [0.4, 0.5) is 4.39 Å². The maximum atomic E-state index is 14.9. The van der Waals surface area contributed by atoms with Crippen molar-refractivity contribution in [3.63, 3.8) is 0 Å². The van der Waals surface area contributed by atoms with E-state index in [1.807, 2.05) is 0 Å². The van der Waals surface area contributed by atoms with Crippen LogP contribution in [0.25, 0.3) is 0 Å². The third kappa shape index (κ3) is 6.63. The van der Waals surface area contributed by atoms with Gasteiger partial charge in [0.1, 0.15) is 6.61 Å². The highest BCUT2D eigenvalue weighted by Gasteiger charge is 2.30. The number of aliphatic carboxylic acids is 1. The highest BCUT2D eigenvalue weighted by molar-refractivity contribution is 6.42. The molecule has 1 heterocycles. The Labute approximate surface area is 218 Å². The molecule has 1 saturated carbocycles. The zero-order chi connectivity index (χ0) is 25.8. The molecule has 2 aromatic carbocycles. The Morgan fingerprint density at radius 2 is 1.81 bits per heavy atom. The molecule has 1 atom stereocenters. The summed E-state index contributed by atoms with van der Waals surface area (Å²) in [6, 6.07) is 12.0. The lowest BCUT2D eigenvalue weighted by molar-refractivity contribution is -0.138. The van der Waals surface area contributed by atoms with E-state index in [0.29, 0.717) is 34.6 Å². The van der Waals surface area contributed by atoms with Crippen molar-refractivity contribution < 1.29 is 29.2 Å². The van der Waals surface area contributed by atoms with Crippen molar-refractivity contribution in [3.8, 4) is 17.5 Å². The number of carboxylic acid groups (broad SMARTS) is 1. The fourth-order valence-electron chi connectivity index (χ4n) is 4.19. The van der Waals surface area contributed by atoms with Crippen LogP contribution in [0.5, 0.6) is 17.5 Å². The zero-order valence-electron chi connectivity index (χ0n) is 19.4. The maximum Gasteiger partial charge on any atom is 0.305 e. The zero-order valence-corrected chi connectivity index (χ0v) is 20.9. The summed E-state index contributed by atoms with van der Waals surface area (Å²) >= 11 is 12.3. The molecular formula is C26H27Cl2FN2O5. The number of hydrogen-bond donors (Lipinski definition) is 3. The highest BCUT2D eigenvalue weighted by atomic mass is 35.5. The van der Waals surface area contributed by atoms with E-state index < -0.39 is 17.8 Å². The third-order valence-corrected chi connectivity index (χ3v) is 6.95. The minimum Gasteiger partial charge on any atom is -0.494 e. The van der Waals surface area contributed by atoms with Crippen LogP contribution in [-0.4, -0.2) is 43.9 Å². The van der Waals surface area contributed by atoms with Gasteiger partial charge >= 0.3 is 5.97 Å². The van der Waals surface area contributed by atoms with Gasteiger partial charge in [0.2, 0.25) is 0 Å². The van der Waals surface area contributed by atoms with E-state index in [9.17, 15) is 24.5 Å². The molecule has 10 heteroatoms.